The van der Waals surface area contributed by atoms with E-state index in [1.807, 2.05) is 0 Å². The molecular weight excluding hydrogens is 351 g/mol. The average Bonchev–Trinajstić information content (AvgIpc) is 2.55. The van der Waals surface area contributed by atoms with Gasteiger partial charge in [-0.3, -0.25) is 9.59 Å². The average molecular weight is 367 g/mol. The van der Waals surface area contributed by atoms with E-state index in [4.69, 9.17) is 27.9 Å². The maximum Gasteiger partial charge on any atom is 0.253 e. The molecule has 5 nitrogen and oxygen atoms in total. The second-order valence-corrected chi connectivity index (χ2v) is 5.83. The largest absolute Gasteiger partial charge is 0.495 e. The number of amides is 2. The Hall–Kier alpha value is -2.24. The predicted molar refractivity (Wildman–Crippen MR) is 95.0 cm³/mol. The molecule has 0 saturated heterocycles. The highest BCUT2D eigenvalue weighted by Crippen LogP contribution is 2.27. The molecule has 2 N–H and O–H groups in total. The molecule has 0 heterocycles. The SMILES string of the molecule is COc1ccc(NC(=O)[C@H](C)NC(=O)c2ccccc2Cl)cc1Cl. The summed E-state index contributed by atoms with van der Waals surface area (Å²) < 4.78 is 5.05. The van der Waals surface area contributed by atoms with Gasteiger partial charge in [-0.1, -0.05) is 35.3 Å². The molecule has 24 heavy (non-hydrogen) atoms. The van der Waals surface area contributed by atoms with E-state index < -0.39 is 11.9 Å². The Balaban J connectivity index is 2.01. The third kappa shape index (κ3) is 4.40. The minimum Gasteiger partial charge on any atom is -0.495 e. The van der Waals surface area contributed by atoms with Crippen molar-refractivity contribution >= 4 is 40.7 Å². The third-order valence-corrected chi connectivity index (χ3v) is 3.90. The molecule has 0 radical (unpaired) electrons. The van der Waals surface area contributed by atoms with Gasteiger partial charge in [-0.25, -0.2) is 0 Å². The smallest absolute Gasteiger partial charge is 0.253 e. The lowest BCUT2D eigenvalue weighted by molar-refractivity contribution is -0.117. The van der Waals surface area contributed by atoms with Crippen molar-refractivity contribution in [3.05, 3.63) is 58.1 Å². The Morgan fingerprint density at radius 1 is 1.08 bits per heavy atom. The van der Waals surface area contributed by atoms with E-state index in [0.717, 1.165) is 0 Å². The maximum absolute atomic E-state index is 12.2. The molecule has 7 heteroatoms. The molecule has 2 aromatic carbocycles. The molecule has 0 aliphatic carbocycles. The molecule has 0 aliphatic heterocycles. The number of nitrogens with one attached hydrogen (secondary N) is 2. The minimum absolute atomic E-state index is 0.311. The Labute approximate surface area is 149 Å². The van der Waals surface area contributed by atoms with Gasteiger partial charge < -0.3 is 15.4 Å². The van der Waals surface area contributed by atoms with Gasteiger partial charge in [-0.05, 0) is 37.3 Å². The maximum atomic E-state index is 12.2. The lowest BCUT2D eigenvalue weighted by Crippen LogP contribution is -2.41. The lowest BCUT2D eigenvalue weighted by atomic mass is 10.2. The van der Waals surface area contributed by atoms with Crippen LogP contribution in [0.25, 0.3) is 0 Å². The van der Waals surface area contributed by atoms with Crippen molar-refractivity contribution in [1.82, 2.24) is 5.32 Å². The fraction of sp³-hybridized carbons (Fsp3) is 0.176. The number of benzene rings is 2. The molecule has 0 aromatic heterocycles. The van der Waals surface area contributed by atoms with E-state index >= 15 is 0 Å². The monoisotopic (exact) mass is 366 g/mol. The third-order valence-electron chi connectivity index (χ3n) is 3.28. The van der Waals surface area contributed by atoms with Crippen LogP contribution in [-0.4, -0.2) is 25.0 Å². The summed E-state index contributed by atoms with van der Waals surface area (Å²) in [6.45, 7) is 1.58. The number of rotatable bonds is 5. The molecular formula is C17H16Cl2N2O3. The molecule has 0 unspecified atom stereocenters. The van der Waals surface area contributed by atoms with Gasteiger partial charge in [0.25, 0.3) is 5.91 Å². The first-order valence-corrected chi connectivity index (χ1v) is 7.87. The predicted octanol–water partition coefficient (Wildman–Crippen LogP) is 3.76. The van der Waals surface area contributed by atoms with Crippen LogP contribution in [-0.2, 0) is 4.79 Å². The van der Waals surface area contributed by atoms with Crippen molar-refractivity contribution in [3.63, 3.8) is 0 Å². The van der Waals surface area contributed by atoms with E-state index in [1.165, 1.54) is 7.11 Å². The number of anilines is 1. The van der Waals surface area contributed by atoms with E-state index in [0.29, 0.717) is 27.0 Å². The first-order valence-electron chi connectivity index (χ1n) is 7.12. The van der Waals surface area contributed by atoms with Crippen LogP contribution in [0, 0.1) is 0 Å². The fourth-order valence-electron chi connectivity index (χ4n) is 1.98. The Morgan fingerprint density at radius 2 is 1.79 bits per heavy atom. The van der Waals surface area contributed by atoms with E-state index in [1.54, 1.807) is 49.4 Å². The van der Waals surface area contributed by atoms with Gasteiger partial charge in [-0.2, -0.15) is 0 Å². The van der Waals surface area contributed by atoms with Crippen LogP contribution >= 0.6 is 23.2 Å². The minimum atomic E-state index is -0.755. The molecule has 126 valence electrons. The van der Waals surface area contributed by atoms with Gasteiger partial charge in [-0.15, -0.1) is 0 Å². The highest BCUT2D eigenvalue weighted by Gasteiger charge is 2.18. The van der Waals surface area contributed by atoms with Crippen molar-refractivity contribution in [2.75, 3.05) is 12.4 Å². The Kier molecular flexibility index (Phi) is 6.06. The highest BCUT2D eigenvalue weighted by atomic mass is 35.5. The molecule has 2 aromatic rings. The number of carbonyl (C=O) groups excluding carboxylic acids is 2. The van der Waals surface area contributed by atoms with Gasteiger partial charge in [0, 0.05) is 5.69 Å². The van der Waals surface area contributed by atoms with E-state index in [9.17, 15) is 9.59 Å². The van der Waals surface area contributed by atoms with Gasteiger partial charge in [0.05, 0.1) is 22.7 Å². The summed E-state index contributed by atoms with van der Waals surface area (Å²) in [6, 6.07) is 10.7. The number of halogens is 2. The van der Waals surface area contributed by atoms with Crippen molar-refractivity contribution < 1.29 is 14.3 Å². The molecule has 2 rings (SSSR count). The molecule has 0 spiro atoms. The molecule has 0 saturated carbocycles. The summed E-state index contributed by atoms with van der Waals surface area (Å²) in [4.78, 5) is 24.4. The second-order valence-electron chi connectivity index (χ2n) is 5.01. The Bertz CT molecular complexity index is 765. The van der Waals surface area contributed by atoms with Crippen molar-refractivity contribution in [3.8, 4) is 5.75 Å². The quantitative estimate of drug-likeness (QED) is 0.846. The van der Waals surface area contributed by atoms with Crippen molar-refractivity contribution in [2.45, 2.75) is 13.0 Å². The van der Waals surface area contributed by atoms with Gasteiger partial charge in [0.1, 0.15) is 11.8 Å². The number of hydrogen-bond donors (Lipinski definition) is 2. The van der Waals surface area contributed by atoms with Gasteiger partial charge >= 0.3 is 0 Å². The zero-order valence-corrected chi connectivity index (χ0v) is 14.6. The Morgan fingerprint density at radius 3 is 2.42 bits per heavy atom. The number of carbonyl (C=O) groups is 2. The van der Waals surface area contributed by atoms with E-state index in [2.05, 4.69) is 10.6 Å². The molecule has 0 bridgehead atoms. The first-order chi connectivity index (χ1) is 11.4. The first kappa shape index (κ1) is 18.1. The van der Waals surface area contributed by atoms with Crippen LogP contribution in [0.1, 0.15) is 17.3 Å². The summed E-state index contributed by atoms with van der Waals surface area (Å²) >= 11 is 12.0. The zero-order valence-electron chi connectivity index (χ0n) is 13.1. The van der Waals surface area contributed by atoms with Crippen LogP contribution in [0.3, 0.4) is 0 Å². The van der Waals surface area contributed by atoms with Gasteiger partial charge in [0.15, 0.2) is 0 Å². The number of methoxy groups -OCH3 is 1. The summed E-state index contributed by atoms with van der Waals surface area (Å²) in [5.41, 5.74) is 0.816. The standard InChI is InChI=1S/C17H16Cl2N2O3/c1-10(20-17(23)12-5-3-4-6-13(12)18)16(22)21-11-7-8-15(24-2)14(19)9-11/h3-10H,1-2H3,(H,20,23)(H,21,22)/t10-/m0/s1. The van der Waals surface area contributed by atoms with Crippen molar-refractivity contribution in [2.24, 2.45) is 0 Å². The summed E-state index contributed by atoms with van der Waals surface area (Å²) in [5.74, 6) is -0.289. The normalized spacial score (nSPS) is 11.5. The molecule has 1 atom stereocenters. The van der Waals surface area contributed by atoms with Crippen LogP contribution in [0.4, 0.5) is 5.69 Å². The molecule has 0 fully saturated rings. The van der Waals surface area contributed by atoms with Crippen LogP contribution in [0.2, 0.25) is 10.0 Å². The molecule has 2 amide bonds. The summed E-state index contributed by atoms with van der Waals surface area (Å²) in [7, 11) is 1.51. The van der Waals surface area contributed by atoms with Crippen LogP contribution in [0.5, 0.6) is 5.75 Å². The zero-order chi connectivity index (χ0) is 17.7. The molecule has 0 aliphatic rings. The van der Waals surface area contributed by atoms with Crippen LogP contribution in [0.15, 0.2) is 42.5 Å². The number of ether oxygens (including phenoxy) is 1. The van der Waals surface area contributed by atoms with E-state index in [-0.39, 0.29) is 5.91 Å². The van der Waals surface area contributed by atoms with Crippen LogP contribution < -0.4 is 15.4 Å². The fourth-order valence-corrected chi connectivity index (χ4v) is 2.46. The second kappa shape index (κ2) is 8.04. The van der Waals surface area contributed by atoms with Crippen molar-refractivity contribution in [1.29, 1.82) is 0 Å². The highest BCUT2D eigenvalue weighted by molar-refractivity contribution is 6.34. The lowest BCUT2D eigenvalue weighted by Gasteiger charge is -2.15. The summed E-state index contributed by atoms with van der Waals surface area (Å²) in [5, 5.41) is 5.98. The topological polar surface area (TPSA) is 67.4 Å². The number of hydrogen-bond acceptors (Lipinski definition) is 3. The van der Waals surface area contributed by atoms with Gasteiger partial charge in [0.2, 0.25) is 5.91 Å². The summed E-state index contributed by atoms with van der Waals surface area (Å²) in [6.07, 6.45) is 0.